The lowest BCUT2D eigenvalue weighted by Gasteiger charge is -2.34. The Hall–Kier alpha value is -2.56. The Morgan fingerprint density at radius 1 is 1.13 bits per heavy atom. The molecule has 1 aliphatic carbocycles. The predicted molar refractivity (Wildman–Crippen MR) is 117 cm³/mol. The fourth-order valence-corrected chi connectivity index (χ4v) is 4.23. The van der Waals surface area contributed by atoms with Crippen LogP contribution in [0, 0.1) is 11.7 Å². The lowest BCUT2D eigenvalue weighted by atomic mass is 9.88. The van der Waals surface area contributed by atoms with Gasteiger partial charge in [0.05, 0.1) is 18.3 Å². The van der Waals surface area contributed by atoms with Crippen LogP contribution in [0.4, 0.5) is 10.1 Å². The van der Waals surface area contributed by atoms with E-state index in [1.54, 1.807) is 0 Å². The summed E-state index contributed by atoms with van der Waals surface area (Å²) in [6, 6.07) is 13.8. The van der Waals surface area contributed by atoms with E-state index in [2.05, 4.69) is 34.5 Å². The van der Waals surface area contributed by atoms with Crippen LogP contribution in [0.25, 0.3) is 0 Å². The van der Waals surface area contributed by atoms with Crippen molar-refractivity contribution in [2.45, 2.75) is 51.5 Å². The number of piperidine rings is 1. The second-order valence-corrected chi connectivity index (χ2v) is 8.72. The molecule has 1 aliphatic heterocycles. The standard InChI is InChI=1S/C25H31FN2O2/c1-17(27-18(2)29)20-5-7-21(8-6-20)22-11-13-28(14-12-22)25-10-9-23(15-24(25)26)30-16-19-3-4-19/h5-10,15,17,19,22H,3-4,11-14,16H2,1-2H3,(H,27,29)/t17-/m0/s1. The van der Waals surface area contributed by atoms with Crippen molar-refractivity contribution in [2.24, 2.45) is 5.92 Å². The van der Waals surface area contributed by atoms with Gasteiger partial charge in [-0.2, -0.15) is 0 Å². The molecule has 1 saturated carbocycles. The maximum atomic E-state index is 14.7. The number of carbonyl (C=O) groups is 1. The third-order valence-corrected chi connectivity index (χ3v) is 6.27. The Kier molecular flexibility index (Phi) is 6.26. The molecule has 4 nitrogen and oxygen atoms in total. The third kappa shape index (κ3) is 5.13. The van der Waals surface area contributed by atoms with E-state index in [0.717, 1.165) is 31.5 Å². The quantitative estimate of drug-likeness (QED) is 0.682. The number of anilines is 1. The summed E-state index contributed by atoms with van der Waals surface area (Å²) in [5.74, 6) is 1.56. The van der Waals surface area contributed by atoms with Gasteiger partial charge in [-0.15, -0.1) is 0 Å². The number of ether oxygens (including phenoxy) is 1. The fourth-order valence-electron chi connectivity index (χ4n) is 4.23. The molecule has 5 heteroatoms. The van der Waals surface area contributed by atoms with E-state index in [0.29, 0.717) is 29.9 Å². The van der Waals surface area contributed by atoms with Crippen molar-refractivity contribution in [3.05, 3.63) is 59.4 Å². The Balaban J connectivity index is 1.32. The molecule has 0 aromatic heterocycles. The van der Waals surface area contributed by atoms with Gasteiger partial charge in [0.25, 0.3) is 0 Å². The van der Waals surface area contributed by atoms with Crippen molar-refractivity contribution in [3.63, 3.8) is 0 Å². The van der Waals surface area contributed by atoms with Gasteiger partial charge in [0.2, 0.25) is 5.91 Å². The summed E-state index contributed by atoms with van der Waals surface area (Å²) in [6.07, 6.45) is 4.46. The average molecular weight is 411 g/mol. The summed E-state index contributed by atoms with van der Waals surface area (Å²) in [5.41, 5.74) is 3.10. The molecule has 2 fully saturated rings. The number of hydrogen-bond acceptors (Lipinski definition) is 3. The first-order valence-corrected chi connectivity index (χ1v) is 11.0. The number of nitrogens with zero attached hydrogens (tertiary/aromatic N) is 1. The molecule has 1 saturated heterocycles. The highest BCUT2D eigenvalue weighted by atomic mass is 19.1. The van der Waals surface area contributed by atoms with E-state index in [9.17, 15) is 9.18 Å². The summed E-state index contributed by atoms with van der Waals surface area (Å²) in [6.45, 7) is 5.91. The molecule has 160 valence electrons. The van der Waals surface area contributed by atoms with Crippen LogP contribution in [0.3, 0.4) is 0 Å². The van der Waals surface area contributed by atoms with Crippen LogP contribution in [0.5, 0.6) is 5.75 Å². The van der Waals surface area contributed by atoms with Crippen LogP contribution in [-0.4, -0.2) is 25.6 Å². The zero-order valence-electron chi connectivity index (χ0n) is 17.9. The molecule has 2 aromatic rings. The Labute approximate surface area is 178 Å². The molecule has 4 rings (SSSR count). The molecular formula is C25H31FN2O2. The second-order valence-electron chi connectivity index (χ2n) is 8.72. The smallest absolute Gasteiger partial charge is 0.217 e. The highest BCUT2D eigenvalue weighted by Gasteiger charge is 2.24. The topological polar surface area (TPSA) is 41.6 Å². The van der Waals surface area contributed by atoms with Gasteiger partial charge < -0.3 is 15.0 Å². The maximum Gasteiger partial charge on any atom is 0.217 e. The summed E-state index contributed by atoms with van der Waals surface area (Å²) in [7, 11) is 0. The summed E-state index contributed by atoms with van der Waals surface area (Å²) in [4.78, 5) is 13.4. The fraction of sp³-hybridized carbons (Fsp3) is 0.480. The van der Waals surface area contributed by atoms with Gasteiger partial charge in [-0.1, -0.05) is 24.3 Å². The lowest BCUT2D eigenvalue weighted by molar-refractivity contribution is -0.119. The van der Waals surface area contributed by atoms with Gasteiger partial charge in [-0.05, 0) is 67.7 Å². The van der Waals surface area contributed by atoms with Crippen molar-refractivity contribution in [2.75, 3.05) is 24.6 Å². The number of rotatable bonds is 7. The van der Waals surface area contributed by atoms with Crippen LogP contribution >= 0.6 is 0 Å². The Morgan fingerprint density at radius 2 is 1.83 bits per heavy atom. The van der Waals surface area contributed by atoms with Crippen LogP contribution in [0.1, 0.15) is 62.6 Å². The van der Waals surface area contributed by atoms with Crippen LogP contribution in [0.2, 0.25) is 0 Å². The van der Waals surface area contributed by atoms with Gasteiger partial charge in [0.15, 0.2) is 0 Å². The SMILES string of the molecule is CC(=O)N[C@@H](C)c1ccc(C2CCN(c3ccc(OCC4CC4)cc3F)CC2)cc1. The molecule has 0 spiro atoms. The van der Waals surface area contributed by atoms with Crippen LogP contribution < -0.4 is 15.0 Å². The van der Waals surface area contributed by atoms with E-state index in [1.807, 2.05) is 19.1 Å². The molecule has 1 atom stereocenters. The third-order valence-electron chi connectivity index (χ3n) is 6.27. The van der Waals surface area contributed by atoms with Gasteiger partial charge in [-0.3, -0.25) is 4.79 Å². The minimum absolute atomic E-state index is 0.0117. The molecule has 0 bridgehead atoms. The summed E-state index contributed by atoms with van der Waals surface area (Å²) < 4.78 is 20.3. The average Bonchev–Trinajstić information content (AvgIpc) is 3.57. The van der Waals surface area contributed by atoms with Gasteiger partial charge in [0.1, 0.15) is 11.6 Å². The highest BCUT2D eigenvalue weighted by Crippen LogP contribution is 2.34. The Morgan fingerprint density at radius 3 is 2.43 bits per heavy atom. The van der Waals surface area contributed by atoms with Crippen molar-refractivity contribution in [1.82, 2.24) is 5.32 Å². The van der Waals surface area contributed by atoms with Crippen molar-refractivity contribution >= 4 is 11.6 Å². The molecule has 1 N–H and O–H groups in total. The summed E-state index contributed by atoms with van der Waals surface area (Å²) >= 11 is 0. The van der Waals surface area contributed by atoms with E-state index in [1.165, 1.54) is 31.4 Å². The molecular weight excluding hydrogens is 379 g/mol. The number of carbonyl (C=O) groups excluding carboxylic acids is 1. The van der Waals surface area contributed by atoms with Crippen molar-refractivity contribution in [3.8, 4) is 5.75 Å². The number of nitrogens with one attached hydrogen (secondary N) is 1. The van der Waals surface area contributed by atoms with Crippen molar-refractivity contribution in [1.29, 1.82) is 0 Å². The zero-order valence-corrected chi connectivity index (χ0v) is 17.9. The van der Waals surface area contributed by atoms with Gasteiger partial charge in [-0.25, -0.2) is 4.39 Å². The first-order valence-electron chi connectivity index (χ1n) is 11.0. The van der Waals surface area contributed by atoms with E-state index in [4.69, 9.17) is 4.74 Å². The molecule has 1 amide bonds. The molecule has 30 heavy (non-hydrogen) atoms. The zero-order chi connectivity index (χ0) is 21.1. The predicted octanol–water partition coefficient (Wildman–Crippen LogP) is 5.20. The number of benzene rings is 2. The first-order chi connectivity index (χ1) is 14.5. The first kappa shape index (κ1) is 20.7. The number of halogens is 1. The molecule has 2 aliphatic rings. The monoisotopic (exact) mass is 410 g/mol. The van der Waals surface area contributed by atoms with E-state index < -0.39 is 0 Å². The number of hydrogen-bond donors (Lipinski definition) is 1. The van der Waals surface area contributed by atoms with Gasteiger partial charge in [0, 0.05) is 26.1 Å². The van der Waals surface area contributed by atoms with Gasteiger partial charge >= 0.3 is 0 Å². The van der Waals surface area contributed by atoms with E-state index in [-0.39, 0.29) is 17.8 Å². The second kappa shape index (κ2) is 9.07. The molecule has 2 aromatic carbocycles. The largest absolute Gasteiger partial charge is 0.493 e. The normalized spacial score (nSPS) is 18.2. The Bertz CT molecular complexity index is 871. The maximum absolute atomic E-state index is 14.7. The van der Waals surface area contributed by atoms with Crippen molar-refractivity contribution < 1.29 is 13.9 Å². The van der Waals surface area contributed by atoms with Crippen LogP contribution in [0.15, 0.2) is 42.5 Å². The minimum atomic E-state index is -0.196. The summed E-state index contributed by atoms with van der Waals surface area (Å²) in [5, 5.41) is 2.92. The molecule has 0 unspecified atom stereocenters. The molecule has 0 radical (unpaired) electrons. The number of amides is 1. The van der Waals surface area contributed by atoms with Crippen LogP contribution in [-0.2, 0) is 4.79 Å². The minimum Gasteiger partial charge on any atom is -0.493 e. The highest BCUT2D eigenvalue weighted by molar-refractivity contribution is 5.73. The van der Waals surface area contributed by atoms with E-state index >= 15 is 0 Å². The lowest BCUT2D eigenvalue weighted by Crippen LogP contribution is -2.33. The molecule has 1 heterocycles.